The van der Waals surface area contributed by atoms with E-state index < -0.39 is 5.82 Å². The van der Waals surface area contributed by atoms with Gasteiger partial charge in [0.15, 0.2) is 0 Å². The van der Waals surface area contributed by atoms with Crippen molar-refractivity contribution in [2.45, 2.75) is 38.8 Å². The van der Waals surface area contributed by atoms with Crippen molar-refractivity contribution < 1.29 is 9.13 Å². The van der Waals surface area contributed by atoms with Crippen LogP contribution in [-0.4, -0.2) is 18.2 Å². The zero-order valence-electron chi connectivity index (χ0n) is 11.0. The number of halogens is 2. The van der Waals surface area contributed by atoms with Crippen LogP contribution in [0.5, 0.6) is 0 Å². The van der Waals surface area contributed by atoms with E-state index in [1.165, 1.54) is 6.07 Å². The highest BCUT2D eigenvalue weighted by atomic mass is 35.5. The van der Waals surface area contributed by atoms with E-state index in [-0.39, 0.29) is 16.7 Å². The SMILES string of the molecule is CC(C)(C)OCC(Cc1cccc(F)c1Cl)NN. The smallest absolute Gasteiger partial charge is 0.142 e. The van der Waals surface area contributed by atoms with Crippen molar-refractivity contribution >= 4 is 11.6 Å². The molecule has 0 bridgehead atoms. The molecular weight excluding hydrogens is 255 g/mol. The lowest BCUT2D eigenvalue weighted by atomic mass is 10.1. The largest absolute Gasteiger partial charge is 0.374 e. The molecule has 3 N–H and O–H groups in total. The maximum absolute atomic E-state index is 13.3. The van der Waals surface area contributed by atoms with Crippen molar-refractivity contribution in [1.82, 2.24) is 5.43 Å². The Labute approximate surface area is 112 Å². The van der Waals surface area contributed by atoms with Crippen LogP contribution in [0.4, 0.5) is 4.39 Å². The zero-order valence-corrected chi connectivity index (χ0v) is 11.7. The van der Waals surface area contributed by atoms with Crippen molar-refractivity contribution in [2.75, 3.05) is 6.61 Å². The number of nitrogens with two attached hydrogens (primary N) is 1. The van der Waals surface area contributed by atoms with Crippen LogP contribution in [0.2, 0.25) is 5.02 Å². The summed E-state index contributed by atoms with van der Waals surface area (Å²) in [7, 11) is 0. The summed E-state index contributed by atoms with van der Waals surface area (Å²) >= 11 is 5.90. The molecule has 0 aromatic heterocycles. The highest BCUT2D eigenvalue weighted by Gasteiger charge is 2.16. The highest BCUT2D eigenvalue weighted by molar-refractivity contribution is 6.31. The van der Waals surface area contributed by atoms with Crippen LogP contribution in [0, 0.1) is 5.82 Å². The molecular formula is C13H20ClFN2O. The molecule has 0 aliphatic rings. The van der Waals surface area contributed by atoms with Gasteiger partial charge in [0.25, 0.3) is 0 Å². The summed E-state index contributed by atoms with van der Waals surface area (Å²) in [5.74, 6) is 5.06. The van der Waals surface area contributed by atoms with E-state index >= 15 is 0 Å². The minimum Gasteiger partial charge on any atom is -0.374 e. The monoisotopic (exact) mass is 274 g/mol. The fourth-order valence-electron chi connectivity index (χ4n) is 1.49. The van der Waals surface area contributed by atoms with Crippen LogP contribution in [0.25, 0.3) is 0 Å². The minimum absolute atomic E-state index is 0.108. The number of hydrogen-bond acceptors (Lipinski definition) is 3. The van der Waals surface area contributed by atoms with Crippen LogP contribution < -0.4 is 11.3 Å². The van der Waals surface area contributed by atoms with Gasteiger partial charge in [-0.05, 0) is 38.8 Å². The summed E-state index contributed by atoms with van der Waals surface area (Å²) < 4.78 is 18.9. The molecule has 0 amide bonds. The van der Waals surface area contributed by atoms with Crippen LogP contribution in [0.15, 0.2) is 18.2 Å². The average Bonchev–Trinajstić information content (AvgIpc) is 2.28. The second kappa shape index (κ2) is 6.48. The van der Waals surface area contributed by atoms with E-state index in [9.17, 15) is 4.39 Å². The van der Waals surface area contributed by atoms with Crippen molar-refractivity contribution in [3.8, 4) is 0 Å². The standard InChI is InChI=1S/C13H20ClFN2O/c1-13(2,3)18-8-10(17-16)7-9-5-4-6-11(15)12(9)14/h4-6,10,17H,7-8,16H2,1-3H3. The third-order valence-electron chi connectivity index (χ3n) is 2.45. The van der Waals surface area contributed by atoms with Gasteiger partial charge in [-0.1, -0.05) is 23.7 Å². The molecule has 5 heteroatoms. The van der Waals surface area contributed by atoms with Crippen molar-refractivity contribution in [2.24, 2.45) is 5.84 Å². The molecule has 0 radical (unpaired) electrons. The molecule has 0 aliphatic heterocycles. The normalized spacial score (nSPS) is 13.7. The summed E-state index contributed by atoms with van der Waals surface area (Å²) in [5, 5.41) is 0.147. The molecule has 0 saturated heterocycles. The Bertz CT molecular complexity index is 393. The summed E-state index contributed by atoms with van der Waals surface area (Å²) in [6.45, 7) is 6.34. The number of benzene rings is 1. The third kappa shape index (κ3) is 4.90. The second-order valence-corrected chi connectivity index (χ2v) is 5.58. The van der Waals surface area contributed by atoms with Crippen molar-refractivity contribution in [3.05, 3.63) is 34.6 Å². The summed E-state index contributed by atoms with van der Waals surface area (Å²) in [6, 6.07) is 4.65. The third-order valence-corrected chi connectivity index (χ3v) is 2.87. The highest BCUT2D eigenvalue weighted by Crippen LogP contribution is 2.21. The molecule has 0 aliphatic carbocycles. The van der Waals surface area contributed by atoms with Gasteiger partial charge in [0.05, 0.1) is 17.2 Å². The molecule has 3 nitrogen and oxygen atoms in total. The molecule has 0 fully saturated rings. The first-order valence-electron chi connectivity index (χ1n) is 5.86. The fraction of sp³-hybridized carbons (Fsp3) is 0.538. The zero-order chi connectivity index (χ0) is 13.8. The van der Waals surface area contributed by atoms with Crippen molar-refractivity contribution in [3.63, 3.8) is 0 Å². The Hall–Kier alpha value is -0.680. The number of hydrazine groups is 1. The Morgan fingerprint density at radius 2 is 2.11 bits per heavy atom. The number of rotatable bonds is 5. The summed E-state index contributed by atoms with van der Waals surface area (Å²) in [6.07, 6.45) is 0.517. The van der Waals surface area contributed by atoms with Crippen LogP contribution in [0.3, 0.4) is 0 Å². The molecule has 0 spiro atoms. The second-order valence-electron chi connectivity index (χ2n) is 5.20. The predicted molar refractivity (Wildman–Crippen MR) is 71.9 cm³/mol. The summed E-state index contributed by atoms with van der Waals surface area (Å²) in [5.41, 5.74) is 3.15. The minimum atomic E-state index is -0.415. The van der Waals surface area contributed by atoms with Crippen LogP contribution in [0.1, 0.15) is 26.3 Å². The fourth-order valence-corrected chi connectivity index (χ4v) is 1.69. The van der Waals surface area contributed by atoms with E-state index in [2.05, 4.69) is 5.43 Å². The predicted octanol–water partition coefficient (Wildman–Crippen LogP) is 2.67. The van der Waals surface area contributed by atoms with E-state index in [0.717, 1.165) is 5.56 Å². The Balaban J connectivity index is 2.65. The molecule has 1 aromatic rings. The van der Waals surface area contributed by atoms with E-state index in [1.807, 2.05) is 20.8 Å². The first kappa shape index (κ1) is 15.4. The van der Waals surface area contributed by atoms with Gasteiger partial charge >= 0.3 is 0 Å². The van der Waals surface area contributed by atoms with E-state index in [4.69, 9.17) is 22.2 Å². The molecule has 102 valence electrons. The van der Waals surface area contributed by atoms with Crippen LogP contribution >= 0.6 is 11.6 Å². The molecule has 18 heavy (non-hydrogen) atoms. The summed E-state index contributed by atoms with van der Waals surface area (Å²) in [4.78, 5) is 0. The van der Waals surface area contributed by atoms with Gasteiger partial charge in [0.2, 0.25) is 0 Å². The average molecular weight is 275 g/mol. The first-order valence-corrected chi connectivity index (χ1v) is 6.24. The number of nitrogens with one attached hydrogen (secondary N) is 1. The maximum Gasteiger partial charge on any atom is 0.142 e. The molecule has 1 aromatic carbocycles. The lowest BCUT2D eigenvalue weighted by Gasteiger charge is -2.24. The molecule has 1 rings (SSSR count). The molecule has 0 heterocycles. The van der Waals surface area contributed by atoms with E-state index in [1.54, 1.807) is 12.1 Å². The van der Waals surface area contributed by atoms with Crippen molar-refractivity contribution in [1.29, 1.82) is 0 Å². The topological polar surface area (TPSA) is 47.3 Å². The molecule has 0 saturated carbocycles. The Morgan fingerprint density at radius 3 is 2.67 bits per heavy atom. The number of ether oxygens (including phenoxy) is 1. The Morgan fingerprint density at radius 1 is 1.44 bits per heavy atom. The molecule has 1 atom stereocenters. The van der Waals surface area contributed by atoms with Gasteiger partial charge < -0.3 is 4.74 Å². The quantitative estimate of drug-likeness (QED) is 0.641. The van der Waals surface area contributed by atoms with Gasteiger partial charge in [-0.3, -0.25) is 11.3 Å². The van der Waals surface area contributed by atoms with Gasteiger partial charge in [0.1, 0.15) is 5.82 Å². The lowest BCUT2D eigenvalue weighted by molar-refractivity contribution is -0.0143. The van der Waals surface area contributed by atoms with Gasteiger partial charge in [-0.2, -0.15) is 0 Å². The molecule has 1 unspecified atom stereocenters. The first-order chi connectivity index (χ1) is 8.33. The lowest BCUT2D eigenvalue weighted by Crippen LogP contribution is -2.42. The van der Waals surface area contributed by atoms with Gasteiger partial charge in [0, 0.05) is 6.04 Å². The number of hydrogen-bond donors (Lipinski definition) is 2. The van der Waals surface area contributed by atoms with Crippen LogP contribution in [-0.2, 0) is 11.2 Å². The van der Waals surface area contributed by atoms with Gasteiger partial charge in [-0.25, -0.2) is 4.39 Å². The maximum atomic E-state index is 13.3. The van der Waals surface area contributed by atoms with Gasteiger partial charge in [-0.15, -0.1) is 0 Å². The Kier molecular flexibility index (Phi) is 5.53. The van der Waals surface area contributed by atoms with E-state index in [0.29, 0.717) is 13.0 Å².